The number of Topliss-reactive ketones (excluding diaryl/α,β-unsaturated/α-hetero) is 1. The maximum absolute atomic E-state index is 13.9. The number of ketones is 1. The lowest BCUT2D eigenvalue weighted by Gasteiger charge is -2.35. The first-order valence-electron chi connectivity index (χ1n) is 13.3. The molecule has 0 bridgehead atoms. The molecule has 0 amide bonds. The van der Waals surface area contributed by atoms with Crippen molar-refractivity contribution < 1.29 is 19.0 Å². The highest BCUT2D eigenvalue weighted by Gasteiger charge is 2.35. The van der Waals surface area contributed by atoms with Crippen molar-refractivity contribution >= 4 is 5.78 Å². The molecule has 5 rings (SSSR count). The highest BCUT2D eigenvalue weighted by Crippen LogP contribution is 2.28. The van der Waals surface area contributed by atoms with Gasteiger partial charge < -0.3 is 14.2 Å². The van der Waals surface area contributed by atoms with E-state index in [2.05, 4.69) is 24.3 Å². The summed E-state index contributed by atoms with van der Waals surface area (Å²) >= 11 is 0. The first-order valence-corrected chi connectivity index (χ1v) is 13.3. The van der Waals surface area contributed by atoms with Crippen LogP contribution >= 0.6 is 0 Å². The zero-order valence-corrected chi connectivity index (χ0v) is 21.6. The van der Waals surface area contributed by atoms with Crippen LogP contribution in [0.5, 0.6) is 0 Å². The summed E-state index contributed by atoms with van der Waals surface area (Å²) < 4.78 is 18.7. The van der Waals surface area contributed by atoms with Crippen LogP contribution in [0.3, 0.4) is 0 Å². The molecule has 0 saturated carbocycles. The van der Waals surface area contributed by atoms with E-state index in [0.29, 0.717) is 44.6 Å². The van der Waals surface area contributed by atoms with Gasteiger partial charge in [0.1, 0.15) is 6.10 Å². The molecule has 3 atom stereocenters. The molecule has 1 saturated heterocycles. The van der Waals surface area contributed by atoms with E-state index in [1.165, 1.54) is 5.56 Å². The van der Waals surface area contributed by atoms with E-state index >= 15 is 0 Å². The highest BCUT2D eigenvalue weighted by atomic mass is 16.5. The third kappa shape index (κ3) is 7.26. The van der Waals surface area contributed by atoms with Crippen molar-refractivity contribution in [1.29, 1.82) is 0 Å². The molecule has 0 aliphatic carbocycles. The lowest BCUT2D eigenvalue weighted by molar-refractivity contribution is -0.127. The molecule has 1 aliphatic heterocycles. The van der Waals surface area contributed by atoms with E-state index in [1.54, 1.807) is 0 Å². The standard InChI is InChI=1S/C34H34O4/c35-34(32-19-11-10-18-29(32)20-26-12-4-1-5-13-26)33-22-30(37-24-28-16-8-3-9-17-28)21-31(38-33)25-36-23-27-14-6-2-7-15-27/h1-19,30-31,33H,20-25H2/t30?,31?,33-/m1/s1. The van der Waals surface area contributed by atoms with E-state index in [1.807, 2.05) is 91.0 Å². The van der Waals surface area contributed by atoms with Gasteiger partial charge in [0.15, 0.2) is 5.78 Å². The van der Waals surface area contributed by atoms with Gasteiger partial charge in [-0.1, -0.05) is 115 Å². The number of hydrogen-bond donors (Lipinski definition) is 0. The molecule has 0 aromatic heterocycles. The zero-order valence-electron chi connectivity index (χ0n) is 21.6. The molecule has 4 nitrogen and oxygen atoms in total. The van der Waals surface area contributed by atoms with Crippen molar-refractivity contribution in [3.05, 3.63) is 143 Å². The minimum absolute atomic E-state index is 0.0117. The molecule has 2 unspecified atom stereocenters. The predicted octanol–water partition coefficient (Wildman–Crippen LogP) is 6.81. The Hall–Kier alpha value is -3.57. The number of rotatable bonds is 11. The van der Waals surface area contributed by atoms with Gasteiger partial charge in [-0.3, -0.25) is 4.79 Å². The monoisotopic (exact) mass is 506 g/mol. The summed E-state index contributed by atoms with van der Waals surface area (Å²) in [5.74, 6) is 0.0117. The Labute approximate surface area is 225 Å². The Morgan fingerprint density at radius 2 is 1.26 bits per heavy atom. The number of carbonyl (C=O) groups is 1. The first kappa shape index (κ1) is 26.1. The van der Waals surface area contributed by atoms with Gasteiger partial charge in [-0.2, -0.15) is 0 Å². The molecular formula is C34H34O4. The van der Waals surface area contributed by atoms with E-state index in [9.17, 15) is 4.79 Å². The van der Waals surface area contributed by atoms with E-state index in [4.69, 9.17) is 14.2 Å². The zero-order chi connectivity index (χ0) is 26.0. The molecule has 0 spiro atoms. The summed E-state index contributed by atoms with van der Waals surface area (Å²) in [6.45, 7) is 1.43. The summed E-state index contributed by atoms with van der Waals surface area (Å²) in [7, 11) is 0. The van der Waals surface area contributed by atoms with E-state index < -0.39 is 6.10 Å². The van der Waals surface area contributed by atoms with Gasteiger partial charge in [0, 0.05) is 18.4 Å². The van der Waals surface area contributed by atoms with E-state index in [-0.39, 0.29) is 18.0 Å². The fourth-order valence-corrected chi connectivity index (χ4v) is 4.96. The molecule has 1 aliphatic rings. The summed E-state index contributed by atoms with van der Waals surface area (Å²) in [6, 6.07) is 38.3. The smallest absolute Gasteiger partial charge is 0.191 e. The van der Waals surface area contributed by atoms with Crippen LogP contribution in [0.1, 0.15) is 45.5 Å². The third-order valence-electron chi connectivity index (χ3n) is 6.92. The molecule has 4 aromatic carbocycles. The van der Waals surface area contributed by atoms with Gasteiger partial charge in [-0.05, 0) is 28.7 Å². The Bertz CT molecular complexity index is 1270. The molecule has 0 radical (unpaired) electrons. The van der Waals surface area contributed by atoms with Gasteiger partial charge in [0.25, 0.3) is 0 Å². The van der Waals surface area contributed by atoms with Crippen LogP contribution in [0.4, 0.5) is 0 Å². The average Bonchev–Trinajstić information content (AvgIpc) is 2.98. The number of carbonyl (C=O) groups excluding carboxylic acids is 1. The van der Waals surface area contributed by atoms with Gasteiger partial charge in [0.05, 0.1) is 32.0 Å². The summed E-state index contributed by atoms with van der Waals surface area (Å²) in [5.41, 5.74) is 5.13. The molecular weight excluding hydrogens is 472 g/mol. The Morgan fingerprint density at radius 1 is 0.684 bits per heavy atom. The topological polar surface area (TPSA) is 44.8 Å². The molecule has 194 valence electrons. The summed E-state index contributed by atoms with van der Waals surface area (Å²) in [6.07, 6.45) is 1.03. The summed E-state index contributed by atoms with van der Waals surface area (Å²) in [5, 5.41) is 0. The van der Waals surface area contributed by atoms with Crippen LogP contribution < -0.4 is 0 Å². The quantitative estimate of drug-likeness (QED) is 0.210. The van der Waals surface area contributed by atoms with Gasteiger partial charge in [-0.25, -0.2) is 0 Å². The lowest BCUT2D eigenvalue weighted by atomic mass is 9.91. The second-order valence-corrected chi connectivity index (χ2v) is 9.82. The molecule has 1 fully saturated rings. The van der Waals surface area contributed by atoms with Gasteiger partial charge in [0.2, 0.25) is 0 Å². The normalized spacial score (nSPS) is 19.2. The van der Waals surface area contributed by atoms with Crippen molar-refractivity contribution in [2.24, 2.45) is 0 Å². The Balaban J connectivity index is 1.29. The minimum atomic E-state index is -0.577. The van der Waals surface area contributed by atoms with Gasteiger partial charge >= 0.3 is 0 Å². The van der Waals surface area contributed by atoms with Gasteiger partial charge in [-0.15, -0.1) is 0 Å². The molecule has 0 N–H and O–H groups in total. The summed E-state index contributed by atoms with van der Waals surface area (Å²) in [4.78, 5) is 13.9. The predicted molar refractivity (Wildman–Crippen MR) is 149 cm³/mol. The number of ether oxygens (including phenoxy) is 3. The van der Waals surface area contributed by atoms with Crippen molar-refractivity contribution in [2.45, 2.75) is 50.8 Å². The minimum Gasteiger partial charge on any atom is -0.374 e. The van der Waals surface area contributed by atoms with Crippen LogP contribution in [0.25, 0.3) is 0 Å². The highest BCUT2D eigenvalue weighted by molar-refractivity contribution is 6.01. The first-order chi connectivity index (χ1) is 18.7. The third-order valence-corrected chi connectivity index (χ3v) is 6.92. The average molecular weight is 507 g/mol. The van der Waals surface area contributed by atoms with Crippen molar-refractivity contribution in [1.82, 2.24) is 0 Å². The molecule has 38 heavy (non-hydrogen) atoms. The second kappa shape index (κ2) is 13.3. The van der Waals surface area contributed by atoms with Crippen LogP contribution in [0.2, 0.25) is 0 Å². The SMILES string of the molecule is O=C(c1ccccc1Cc1ccccc1)[C@H]1CC(OCc2ccccc2)CC(COCc2ccccc2)O1. The Morgan fingerprint density at radius 3 is 1.95 bits per heavy atom. The Kier molecular flexibility index (Phi) is 9.11. The largest absolute Gasteiger partial charge is 0.374 e. The fourth-order valence-electron chi connectivity index (χ4n) is 4.96. The number of benzene rings is 4. The van der Waals surface area contributed by atoms with Crippen LogP contribution in [-0.4, -0.2) is 30.7 Å². The molecule has 4 heteroatoms. The second-order valence-electron chi connectivity index (χ2n) is 9.82. The maximum atomic E-state index is 13.9. The van der Waals surface area contributed by atoms with Crippen LogP contribution in [0, 0.1) is 0 Å². The van der Waals surface area contributed by atoms with Crippen LogP contribution in [-0.2, 0) is 33.8 Å². The molecule has 4 aromatic rings. The van der Waals surface area contributed by atoms with Crippen molar-refractivity contribution in [3.8, 4) is 0 Å². The lowest BCUT2D eigenvalue weighted by Crippen LogP contribution is -2.43. The maximum Gasteiger partial charge on any atom is 0.191 e. The fraction of sp³-hybridized carbons (Fsp3) is 0.265. The van der Waals surface area contributed by atoms with Crippen LogP contribution in [0.15, 0.2) is 115 Å². The van der Waals surface area contributed by atoms with Crippen molar-refractivity contribution in [2.75, 3.05) is 6.61 Å². The van der Waals surface area contributed by atoms with E-state index in [0.717, 1.165) is 16.7 Å². The van der Waals surface area contributed by atoms with Crippen molar-refractivity contribution in [3.63, 3.8) is 0 Å². The number of hydrogen-bond acceptors (Lipinski definition) is 4. The molecule has 1 heterocycles.